The van der Waals surface area contributed by atoms with Crippen LogP contribution in [0.25, 0.3) is 0 Å². The van der Waals surface area contributed by atoms with E-state index < -0.39 is 17.6 Å². The molecule has 1 aliphatic rings. The maximum absolute atomic E-state index is 12.4. The molecule has 1 fully saturated rings. The lowest BCUT2D eigenvalue weighted by atomic mass is 9.96. The molecule has 108 valence electrons. The lowest BCUT2D eigenvalue weighted by molar-refractivity contribution is -0.161. The molecule has 0 unspecified atom stereocenters. The zero-order valence-electron chi connectivity index (χ0n) is 12.2. The average molecular weight is 268 g/mol. The van der Waals surface area contributed by atoms with Gasteiger partial charge in [0.15, 0.2) is 0 Å². The van der Waals surface area contributed by atoms with Gasteiger partial charge in [-0.1, -0.05) is 26.0 Å². The number of hydrogen-bond acceptors (Lipinski definition) is 4. The molecule has 1 heterocycles. The fourth-order valence-electron chi connectivity index (χ4n) is 2.29. The number of hydrogen-bond donors (Lipinski definition) is 1. The summed E-state index contributed by atoms with van der Waals surface area (Å²) in [4.78, 5) is 26.0. The van der Waals surface area contributed by atoms with Crippen molar-refractivity contribution in [3.63, 3.8) is 0 Å². The van der Waals surface area contributed by atoms with Gasteiger partial charge in [-0.05, 0) is 19.8 Å². The van der Waals surface area contributed by atoms with E-state index in [1.165, 1.54) is 4.90 Å². The predicted octanol–water partition coefficient (Wildman–Crippen LogP) is 1.08. The highest BCUT2D eigenvalue weighted by Crippen LogP contribution is 2.33. The first-order chi connectivity index (χ1) is 8.74. The molecule has 0 spiro atoms. The van der Waals surface area contributed by atoms with Gasteiger partial charge < -0.3 is 15.4 Å². The van der Waals surface area contributed by atoms with E-state index in [0.29, 0.717) is 19.6 Å². The van der Waals surface area contributed by atoms with Gasteiger partial charge >= 0.3 is 5.97 Å². The second kappa shape index (κ2) is 5.74. The SMILES string of the molecule is C=C1CN(C(=O)[C@@H](N)C(C)C)[C@@](C)(C(=O)OCC)C1. The van der Waals surface area contributed by atoms with E-state index in [1.807, 2.05) is 13.8 Å². The second-order valence-electron chi connectivity index (χ2n) is 5.62. The topological polar surface area (TPSA) is 72.6 Å². The Morgan fingerprint density at radius 2 is 2.11 bits per heavy atom. The molecule has 1 rings (SSSR count). The summed E-state index contributed by atoms with van der Waals surface area (Å²) in [5.41, 5.74) is 5.78. The Balaban J connectivity index is 3.00. The van der Waals surface area contributed by atoms with Crippen LogP contribution in [0.3, 0.4) is 0 Å². The Hall–Kier alpha value is -1.36. The Morgan fingerprint density at radius 3 is 2.58 bits per heavy atom. The molecule has 0 aromatic rings. The summed E-state index contributed by atoms with van der Waals surface area (Å²) in [7, 11) is 0. The first-order valence-electron chi connectivity index (χ1n) is 6.65. The summed E-state index contributed by atoms with van der Waals surface area (Å²) < 4.78 is 5.08. The Kier molecular flexibility index (Phi) is 4.74. The number of carbonyl (C=O) groups excluding carboxylic acids is 2. The van der Waals surface area contributed by atoms with Crippen LogP contribution in [0.4, 0.5) is 0 Å². The summed E-state index contributed by atoms with van der Waals surface area (Å²) in [5.74, 6) is -0.588. The molecule has 0 aromatic carbocycles. The number of rotatable bonds is 4. The maximum atomic E-state index is 12.4. The number of esters is 1. The lowest BCUT2D eigenvalue weighted by Crippen LogP contribution is -2.57. The molecule has 0 bridgehead atoms. The molecule has 5 heteroatoms. The minimum absolute atomic E-state index is 0.0211. The number of ether oxygens (including phenoxy) is 1. The molecule has 0 radical (unpaired) electrons. The van der Waals surface area contributed by atoms with Gasteiger partial charge in [-0.3, -0.25) is 4.79 Å². The molecule has 2 atom stereocenters. The van der Waals surface area contributed by atoms with E-state index in [0.717, 1.165) is 5.57 Å². The van der Waals surface area contributed by atoms with Gasteiger partial charge in [0.1, 0.15) is 5.54 Å². The van der Waals surface area contributed by atoms with Crippen LogP contribution in [0.15, 0.2) is 12.2 Å². The summed E-state index contributed by atoms with van der Waals surface area (Å²) in [6.07, 6.45) is 0.433. The first kappa shape index (κ1) is 15.7. The Labute approximate surface area is 114 Å². The highest BCUT2D eigenvalue weighted by atomic mass is 16.5. The second-order valence-corrected chi connectivity index (χ2v) is 5.62. The molecule has 19 heavy (non-hydrogen) atoms. The van der Waals surface area contributed by atoms with Crippen molar-refractivity contribution in [3.05, 3.63) is 12.2 Å². The summed E-state index contributed by atoms with van der Waals surface area (Å²) in [6.45, 7) is 11.8. The van der Waals surface area contributed by atoms with Crippen LogP contribution in [0.1, 0.15) is 34.1 Å². The maximum Gasteiger partial charge on any atom is 0.332 e. The van der Waals surface area contributed by atoms with Crippen LogP contribution in [0.2, 0.25) is 0 Å². The van der Waals surface area contributed by atoms with E-state index in [2.05, 4.69) is 6.58 Å². The van der Waals surface area contributed by atoms with Gasteiger partial charge in [-0.25, -0.2) is 4.79 Å². The molecule has 0 aromatic heterocycles. The molecule has 2 N–H and O–H groups in total. The third-order valence-corrected chi connectivity index (χ3v) is 3.56. The van der Waals surface area contributed by atoms with Crippen LogP contribution >= 0.6 is 0 Å². The number of likely N-dealkylation sites (tertiary alicyclic amines) is 1. The van der Waals surface area contributed by atoms with Crippen LogP contribution in [-0.2, 0) is 14.3 Å². The summed E-state index contributed by atoms with van der Waals surface area (Å²) in [6, 6.07) is -0.611. The van der Waals surface area contributed by atoms with Crippen molar-refractivity contribution < 1.29 is 14.3 Å². The molecule has 0 saturated carbocycles. The quantitative estimate of drug-likeness (QED) is 0.611. The highest BCUT2D eigenvalue weighted by molar-refractivity contribution is 5.91. The van der Waals surface area contributed by atoms with Gasteiger partial charge in [0.25, 0.3) is 0 Å². The van der Waals surface area contributed by atoms with Crippen molar-refractivity contribution in [2.75, 3.05) is 13.2 Å². The lowest BCUT2D eigenvalue weighted by Gasteiger charge is -2.34. The standard InChI is InChI=1S/C14H24N2O3/c1-6-19-13(18)14(5)7-10(4)8-16(14)12(17)11(15)9(2)3/h9,11H,4,6-8,15H2,1-3,5H3/t11-,14+/m0/s1. The molecule has 1 aliphatic heterocycles. The van der Waals surface area contributed by atoms with Crippen molar-refractivity contribution in [3.8, 4) is 0 Å². The normalized spacial score (nSPS) is 24.7. The van der Waals surface area contributed by atoms with E-state index in [-0.39, 0.29) is 11.8 Å². The third kappa shape index (κ3) is 2.97. The van der Waals surface area contributed by atoms with Crippen molar-refractivity contribution in [2.24, 2.45) is 11.7 Å². The van der Waals surface area contributed by atoms with E-state index >= 15 is 0 Å². The Morgan fingerprint density at radius 1 is 1.53 bits per heavy atom. The summed E-state index contributed by atoms with van der Waals surface area (Å²) in [5, 5.41) is 0. The third-order valence-electron chi connectivity index (χ3n) is 3.56. The Bertz CT molecular complexity index is 392. The zero-order valence-corrected chi connectivity index (χ0v) is 12.2. The monoisotopic (exact) mass is 268 g/mol. The van der Waals surface area contributed by atoms with Crippen LogP contribution in [0.5, 0.6) is 0 Å². The minimum Gasteiger partial charge on any atom is -0.464 e. The number of nitrogens with zero attached hydrogens (tertiary/aromatic N) is 1. The van der Waals surface area contributed by atoms with Crippen molar-refractivity contribution in [2.45, 2.75) is 45.7 Å². The van der Waals surface area contributed by atoms with Gasteiger partial charge in [0.05, 0.1) is 12.6 Å². The van der Waals surface area contributed by atoms with Crippen LogP contribution in [-0.4, -0.2) is 41.5 Å². The number of amides is 1. The predicted molar refractivity (Wildman–Crippen MR) is 73.3 cm³/mol. The van der Waals surface area contributed by atoms with Crippen molar-refractivity contribution in [1.29, 1.82) is 0 Å². The van der Waals surface area contributed by atoms with E-state index in [9.17, 15) is 9.59 Å². The fourth-order valence-corrected chi connectivity index (χ4v) is 2.29. The molecule has 0 aliphatic carbocycles. The molecule has 1 amide bonds. The molecular weight excluding hydrogens is 244 g/mol. The molecule has 5 nitrogen and oxygen atoms in total. The van der Waals surface area contributed by atoms with Gasteiger partial charge in [-0.15, -0.1) is 0 Å². The molecule has 1 saturated heterocycles. The van der Waals surface area contributed by atoms with Gasteiger partial charge in [-0.2, -0.15) is 0 Å². The number of carbonyl (C=O) groups is 2. The van der Waals surface area contributed by atoms with E-state index in [1.54, 1.807) is 13.8 Å². The smallest absolute Gasteiger partial charge is 0.332 e. The van der Waals surface area contributed by atoms with Gasteiger partial charge in [0.2, 0.25) is 5.91 Å². The first-order valence-corrected chi connectivity index (χ1v) is 6.65. The van der Waals surface area contributed by atoms with Gasteiger partial charge in [0, 0.05) is 13.0 Å². The number of nitrogens with two attached hydrogens (primary N) is 1. The average Bonchev–Trinajstić information content (AvgIpc) is 2.64. The van der Waals surface area contributed by atoms with E-state index in [4.69, 9.17) is 10.5 Å². The van der Waals surface area contributed by atoms with Crippen molar-refractivity contribution in [1.82, 2.24) is 4.90 Å². The minimum atomic E-state index is -0.976. The fraction of sp³-hybridized carbons (Fsp3) is 0.714. The van der Waals surface area contributed by atoms with Crippen molar-refractivity contribution >= 4 is 11.9 Å². The molecular formula is C14H24N2O3. The highest BCUT2D eigenvalue weighted by Gasteiger charge is 2.49. The zero-order chi connectivity index (χ0) is 14.8. The summed E-state index contributed by atoms with van der Waals surface area (Å²) >= 11 is 0. The largest absolute Gasteiger partial charge is 0.464 e. The van der Waals surface area contributed by atoms with Crippen LogP contribution < -0.4 is 5.73 Å². The van der Waals surface area contributed by atoms with Crippen LogP contribution in [0, 0.1) is 5.92 Å².